The maximum absolute atomic E-state index is 13.2. The van der Waals surface area contributed by atoms with Gasteiger partial charge >= 0.3 is 12.4 Å². The minimum absolute atomic E-state index is 0.0472. The Balaban J connectivity index is 1.74. The van der Waals surface area contributed by atoms with Gasteiger partial charge in [-0.15, -0.1) is 0 Å². The molecule has 0 fully saturated rings. The van der Waals surface area contributed by atoms with E-state index in [0.717, 1.165) is 4.90 Å². The van der Waals surface area contributed by atoms with Gasteiger partial charge in [-0.25, -0.2) is 4.98 Å². The van der Waals surface area contributed by atoms with E-state index in [1.165, 1.54) is 6.20 Å². The van der Waals surface area contributed by atoms with Gasteiger partial charge in [0.25, 0.3) is 5.91 Å². The number of benzene rings is 2. The highest BCUT2D eigenvalue weighted by Crippen LogP contribution is 2.38. The van der Waals surface area contributed by atoms with Crippen molar-refractivity contribution in [2.24, 2.45) is 0 Å². The van der Waals surface area contributed by atoms with Gasteiger partial charge in [-0.05, 0) is 41.5 Å². The van der Waals surface area contributed by atoms with Crippen LogP contribution >= 0.6 is 11.6 Å². The van der Waals surface area contributed by atoms with Crippen LogP contribution in [0.4, 0.5) is 26.3 Å². The molecule has 0 atom stereocenters. The molecule has 1 aromatic heterocycles. The summed E-state index contributed by atoms with van der Waals surface area (Å²) in [4.78, 5) is 17.9. The van der Waals surface area contributed by atoms with Crippen LogP contribution in [0.25, 0.3) is 11.1 Å². The molecule has 34 heavy (non-hydrogen) atoms. The van der Waals surface area contributed by atoms with Crippen LogP contribution in [0.15, 0.2) is 54.7 Å². The Morgan fingerprint density at radius 3 is 2.21 bits per heavy atom. The van der Waals surface area contributed by atoms with Crippen molar-refractivity contribution < 1.29 is 35.9 Å². The second-order valence-corrected chi connectivity index (χ2v) is 7.98. The first kappa shape index (κ1) is 23.9. The first-order valence-electron chi connectivity index (χ1n) is 9.85. The number of fused-ring (bicyclic) bond motifs is 1. The number of alkyl halides is 6. The number of rotatable bonds is 3. The summed E-state index contributed by atoms with van der Waals surface area (Å²) >= 11 is 6.30. The van der Waals surface area contributed by atoms with Gasteiger partial charge in [0.15, 0.2) is 6.61 Å². The van der Waals surface area contributed by atoms with E-state index in [2.05, 4.69) is 4.98 Å². The molecule has 1 amide bonds. The number of hydrogen-bond acceptors (Lipinski definition) is 3. The molecule has 2 aromatic carbocycles. The molecule has 0 aliphatic carbocycles. The Labute approximate surface area is 194 Å². The fourth-order valence-electron chi connectivity index (χ4n) is 3.66. The van der Waals surface area contributed by atoms with Crippen molar-refractivity contribution in [1.82, 2.24) is 9.88 Å². The number of hydrogen-bond donors (Lipinski definition) is 0. The molecule has 0 spiro atoms. The molecular formula is C23H15ClF6N2O2. The van der Waals surface area contributed by atoms with Crippen LogP contribution in [0.1, 0.15) is 22.3 Å². The number of amides is 1. The summed E-state index contributed by atoms with van der Waals surface area (Å²) in [5.74, 6) is -0.484. The van der Waals surface area contributed by atoms with Gasteiger partial charge in [-0.3, -0.25) is 4.79 Å². The van der Waals surface area contributed by atoms with Crippen molar-refractivity contribution in [2.45, 2.75) is 25.4 Å². The lowest BCUT2D eigenvalue weighted by Crippen LogP contribution is -2.32. The molecule has 178 valence electrons. The van der Waals surface area contributed by atoms with Gasteiger partial charge in [0.2, 0.25) is 5.88 Å². The number of aromatic nitrogens is 1. The molecule has 11 heteroatoms. The van der Waals surface area contributed by atoms with Crippen molar-refractivity contribution in [3.63, 3.8) is 0 Å². The second kappa shape index (κ2) is 8.83. The molecule has 0 saturated carbocycles. The zero-order valence-electron chi connectivity index (χ0n) is 17.2. The molecule has 4 nitrogen and oxygen atoms in total. The average Bonchev–Trinajstić information content (AvgIpc) is 2.92. The quantitative estimate of drug-likeness (QED) is 0.393. The van der Waals surface area contributed by atoms with Gasteiger partial charge in [0, 0.05) is 28.9 Å². The summed E-state index contributed by atoms with van der Waals surface area (Å²) < 4.78 is 84.9. The van der Waals surface area contributed by atoms with Gasteiger partial charge in [-0.2, -0.15) is 26.3 Å². The van der Waals surface area contributed by atoms with Gasteiger partial charge in [0.1, 0.15) is 0 Å². The summed E-state index contributed by atoms with van der Waals surface area (Å²) in [6.07, 6.45) is -8.52. The standard InChI is InChI=1S/C23H15ClF6N2O2/c24-19-4-2-1-3-17(19)16-5-6-31-21-18(16)11-32(20(33)12-34-21)10-13-7-14(22(25,26)27)9-15(8-13)23(28,29)30/h1-9H,10-12H2. The van der Waals surface area contributed by atoms with E-state index in [0.29, 0.717) is 33.8 Å². The molecule has 0 N–H and O–H groups in total. The van der Waals surface area contributed by atoms with Crippen LogP contribution in [0.2, 0.25) is 5.02 Å². The average molecular weight is 501 g/mol. The Hall–Kier alpha value is -3.27. The highest BCUT2D eigenvalue weighted by molar-refractivity contribution is 6.33. The van der Waals surface area contributed by atoms with E-state index in [4.69, 9.17) is 16.3 Å². The highest BCUT2D eigenvalue weighted by atomic mass is 35.5. The monoisotopic (exact) mass is 500 g/mol. The van der Waals surface area contributed by atoms with Crippen LogP contribution in [0, 0.1) is 0 Å². The Bertz CT molecular complexity index is 1210. The third kappa shape index (κ3) is 4.96. The Morgan fingerprint density at radius 2 is 1.59 bits per heavy atom. The minimum Gasteiger partial charge on any atom is -0.467 e. The van der Waals surface area contributed by atoms with Crippen LogP contribution in [0.3, 0.4) is 0 Å². The SMILES string of the molecule is O=C1COc2nccc(-c3ccccc3Cl)c2CN1Cc1cc(C(F)(F)F)cc(C(F)(F)F)c1. The summed E-state index contributed by atoms with van der Waals surface area (Å²) in [6, 6.07) is 9.76. The highest BCUT2D eigenvalue weighted by Gasteiger charge is 2.37. The van der Waals surface area contributed by atoms with Gasteiger partial charge in [0.05, 0.1) is 17.7 Å². The number of ether oxygens (including phenoxy) is 1. The molecule has 0 unspecified atom stereocenters. The maximum Gasteiger partial charge on any atom is 0.416 e. The van der Waals surface area contributed by atoms with E-state index in [9.17, 15) is 31.1 Å². The van der Waals surface area contributed by atoms with Gasteiger partial charge < -0.3 is 9.64 Å². The molecule has 1 aliphatic rings. The van der Waals surface area contributed by atoms with Crippen LogP contribution < -0.4 is 4.74 Å². The topological polar surface area (TPSA) is 42.4 Å². The van der Waals surface area contributed by atoms with Crippen molar-refractivity contribution in [3.05, 3.63) is 82.0 Å². The number of pyridine rings is 1. The summed E-state index contributed by atoms with van der Waals surface area (Å²) in [6.45, 7) is -1.12. The third-order valence-corrected chi connectivity index (χ3v) is 5.56. The number of carbonyl (C=O) groups excluding carboxylic acids is 1. The number of carbonyl (C=O) groups is 1. The second-order valence-electron chi connectivity index (χ2n) is 7.57. The largest absolute Gasteiger partial charge is 0.467 e. The predicted molar refractivity (Wildman–Crippen MR) is 111 cm³/mol. The number of halogens is 7. The molecule has 3 aromatic rings. The molecule has 2 heterocycles. The zero-order valence-corrected chi connectivity index (χ0v) is 17.9. The van der Waals surface area contributed by atoms with E-state index in [-0.39, 0.29) is 24.1 Å². The lowest BCUT2D eigenvalue weighted by atomic mass is 10.00. The lowest BCUT2D eigenvalue weighted by Gasteiger charge is -2.23. The number of nitrogens with zero attached hydrogens (tertiary/aromatic N) is 2. The predicted octanol–water partition coefficient (Wildman–Crippen LogP) is 6.36. The molecule has 0 radical (unpaired) electrons. The molecular weight excluding hydrogens is 486 g/mol. The first-order chi connectivity index (χ1) is 15.9. The Kier molecular flexibility index (Phi) is 6.20. The maximum atomic E-state index is 13.2. The molecule has 4 rings (SSSR count). The molecule has 0 bridgehead atoms. The van der Waals surface area contributed by atoms with Crippen molar-refractivity contribution in [3.8, 4) is 17.0 Å². The van der Waals surface area contributed by atoms with Crippen molar-refractivity contribution in [2.75, 3.05) is 6.61 Å². The van der Waals surface area contributed by atoms with E-state index in [1.807, 2.05) is 0 Å². The molecule has 0 saturated heterocycles. The molecule has 1 aliphatic heterocycles. The van der Waals surface area contributed by atoms with E-state index in [1.54, 1.807) is 30.3 Å². The summed E-state index contributed by atoms with van der Waals surface area (Å²) in [5, 5.41) is 0.408. The van der Waals surface area contributed by atoms with Gasteiger partial charge in [-0.1, -0.05) is 29.8 Å². The van der Waals surface area contributed by atoms with E-state index < -0.39 is 42.5 Å². The first-order valence-corrected chi connectivity index (χ1v) is 10.2. The summed E-state index contributed by atoms with van der Waals surface area (Å²) in [7, 11) is 0. The van der Waals surface area contributed by atoms with E-state index >= 15 is 0 Å². The smallest absolute Gasteiger partial charge is 0.416 e. The third-order valence-electron chi connectivity index (χ3n) is 5.24. The lowest BCUT2D eigenvalue weighted by molar-refractivity contribution is -0.143. The zero-order chi connectivity index (χ0) is 24.7. The van der Waals surface area contributed by atoms with Crippen LogP contribution in [-0.4, -0.2) is 22.4 Å². The normalized spacial score (nSPS) is 14.4. The fraction of sp³-hybridized carbons (Fsp3) is 0.217. The Morgan fingerprint density at radius 1 is 0.941 bits per heavy atom. The van der Waals surface area contributed by atoms with Crippen LogP contribution in [0.5, 0.6) is 5.88 Å². The summed E-state index contributed by atoms with van der Waals surface area (Å²) in [5.41, 5.74) is -1.59. The fourth-order valence-corrected chi connectivity index (χ4v) is 3.90. The minimum atomic E-state index is -4.99. The van der Waals surface area contributed by atoms with Crippen LogP contribution in [-0.2, 0) is 30.2 Å². The van der Waals surface area contributed by atoms with Crippen molar-refractivity contribution >= 4 is 17.5 Å². The van der Waals surface area contributed by atoms with Crippen molar-refractivity contribution in [1.29, 1.82) is 0 Å².